The summed E-state index contributed by atoms with van der Waals surface area (Å²) in [5, 5.41) is 9.88. The Morgan fingerprint density at radius 2 is 2.00 bits per heavy atom. The predicted octanol–water partition coefficient (Wildman–Crippen LogP) is 3.38. The molecule has 1 N–H and O–H groups in total. The van der Waals surface area contributed by atoms with Crippen molar-refractivity contribution in [3.8, 4) is 11.3 Å². The van der Waals surface area contributed by atoms with Gasteiger partial charge < -0.3 is 5.11 Å². The maximum Gasteiger partial charge on any atom is 0.335 e. The summed E-state index contributed by atoms with van der Waals surface area (Å²) in [6.07, 6.45) is 0.946. The van der Waals surface area contributed by atoms with E-state index in [9.17, 15) is 4.79 Å². The zero-order valence-electron chi connectivity index (χ0n) is 9.73. The van der Waals surface area contributed by atoms with Crippen molar-refractivity contribution in [2.45, 2.75) is 20.3 Å². The fourth-order valence-electron chi connectivity index (χ4n) is 1.71. The van der Waals surface area contributed by atoms with E-state index in [0.717, 1.165) is 22.7 Å². The highest BCUT2D eigenvalue weighted by molar-refractivity contribution is 7.12. The van der Waals surface area contributed by atoms with E-state index < -0.39 is 5.97 Å². The Balaban J connectivity index is 2.42. The lowest BCUT2D eigenvalue weighted by Crippen LogP contribution is -1.95. The number of nitrogens with zero attached hydrogens (tertiary/aromatic N) is 1. The number of carbonyl (C=O) groups is 1. The number of aromatic nitrogens is 1. The molecule has 0 spiro atoms. The Kier molecular flexibility index (Phi) is 3.24. The summed E-state index contributed by atoms with van der Waals surface area (Å²) in [5.74, 6) is -0.901. The summed E-state index contributed by atoms with van der Waals surface area (Å²) in [6, 6.07) is 6.87. The molecule has 17 heavy (non-hydrogen) atoms. The van der Waals surface area contributed by atoms with Gasteiger partial charge in [-0.2, -0.15) is 0 Å². The maximum absolute atomic E-state index is 10.8. The van der Waals surface area contributed by atoms with Gasteiger partial charge in [0.2, 0.25) is 0 Å². The molecule has 0 aliphatic rings. The first-order valence-electron chi connectivity index (χ1n) is 5.42. The quantitative estimate of drug-likeness (QED) is 0.904. The molecule has 0 saturated heterocycles. The Labute approximate surface area is 104 Å². The van der Waals surface area contributed by atoms with Crippen molar-refractivity contribution in [3.63, 3.8) is 0 Å². The first kappa shape index (κ1) is 11.8. The van der Waals surface area contributed by atoms with Crippen LogP contribution in [-0.2, 0) is 6.42 Å². The molecule has 0 aliphatic heterocycles. The molecule has 1 aromatic heterocycles. The third-order valence-electron chi connectivity index (χ3n) is 2.53. The van der Waals surface area contributed by atoms with Gasteiger partial charge in [-0.1, -0.05) is 19.1 Å². The number of hydrogen-bond acceptors (Lipinski definition) is 3. The third-order valence-corrected chi connectivity index (χ3v) is 3.65. The molecule has 0 atom stereocenters. The van der Waals surface area contributed by atoms with Crippen LogP contribution in [0.4, 0.5) is 0 Å². The van der Waals surface area contributed by atoms with E-state index in [-0.39, 0.29) is 0 Å². The number of aromatic carboxylic acids is 1. The first-order chi connectivity index (χ1) is 8.11. The second-order valence-electron chi connectivity index (χ2n) is 3.74. The van der Waals surface area contributed by atoms with Gasteiger partial charge in [0.25, 0.3) is 0 Å². The number of carboxylic acid groups (broad SMARTS) is 1. The van der Waals surface area contributed by atoms with Crippen LogP contribution in [0.5, 0.6) is 0 Å². The van der Waals surface area contributed by atoms with Crippen molar-refractivity contribution < 1.29 is 9.90 Å². The van der Waals surface area contributed by atoms with E-state index in [1.807, 2.05) is 19.1 Å². The van der Waals surface area contributed by atoms with Gasteiger partial charge in [-0.3, -0.25) is 0 Å². The Morgan fingerprint density at radius 1 is 1.35 bits per heavy atom. The molecule has 0 saturated carbocycles. The number of benzene rings is 1. The number of rotatable bonds is 3. The second kappa shape index (κ2) is 4.67. The number of carboxylic acids is 1. The van der Waals surface area contributed by atoms with Crippen LogP contribution in [0, 0.1) is 6.92 Å². The molecule has 0 radical (unpaired) electrons. The molecule has 0 aliphatic carbocycles. The SMILES string of the molecule is CCc1sc(C)nc1-c1ccc(C(=O)O)cc1. The fourth-order valence-corrected chi connectivity index (χ4v) is 2.60. The van der Waals surface area contributed by atoms with Gasteiger partial charge in [-0.05, 0) is 25.5 Å². The normalized spacial score (nSPS) is 10.5. The molecule has 0 fully saturated rings. The topological polar surface area (TPSA) is 50.2 Å². The highest BCUT2D eigenvalue weighted by atomic mass is 32.1. The van der Waals surface area contributed by atoms with Crippen LogP contribution in [0.25, 0.3) is 11.3 Å². The number of thiazole rings is 1. The molecule has 0 amide bonds. The van der Waals surface area contributed by atoms with Crippen molar-refractivity contribution >= 4 is 17.3 Å². The Bertz CT molecular complexity index is 543. The van der Waals surface area contributed by atoms with Crippen molar-refractivity contribution in [1.82, 2.24) is 4.98 Å². The van der Waals surface area contributed by atoms with Crippen LogP contribution in [0.1, 0.15) is 27.2 Å². The molecule has 88 valence electrons. The summed E-state index contributed by atoms with van der Waals surface area (Å²) in [5.41, 5.74) is 2.27. The van der Waals surface area contributed by atoms with E-state index >= 15 is 0 Å². The van der Waals surface area contributed by atoms with Crippen molar-refractivity contribution in [2.24, 2.45) is 0 Å². The average Bonchev–Trinajstić information content (AvgIpc) is 2.70. The van der Waals surface area contributed by atoms with E-state index in [1.54, 1.807) is 23.5 Å². The second-order valence-corrected chi connectivity index (χ2v) is 5.03. The molecule has 1 heterocycles. The van der Waals surface area contributed by atoms with Gasteiger partial charge in [0.05, 0.1) is 16.3 Å². The van der Waals surface area contributed by atoms with Gasteiger partial charge >= 0.3 is 5.97 Å². The summed E-state index contributed by atoms with van der Waals surface area (Å²) in [4.78, 5) is 16.5. The minimum atomic E-state index is -0.901. The van der Waals surface area contributed by atoms with Gasteiger partial charge in [0.15, 0.2) is 0 Å². The zero-order chi connectivity index (χ0) is 12.4. The largest absolute Gasteiger partial charge is 0.478 e. The van der Waals surface area contributed by atoms with Gasteiger partial charge in [-0.25, -0.2) is 9.78 Å². The summed E-state index contributed by atoms with van der Waals surface area (Å²) >= 11 is 1.69. The molecule has 0 unspecified atom stereocenters. The lowest BCUT2D eigenvalue weighted by atomic mass is 10.1. The van der Waals surface area contributed by atoms with E-state index in [2.05, 4.69) is 11.9 Å². The lowest BCUT2D eigenvalue weighted by molar-refractivity contribution is 0.0697. The summed E-state index contributed by atoms with van der Waals surface area (Å²) in [7, 11) is 0. The zero-order valence-corrected chi connectivity index (χ0v) is 10.5. The van der Waals surface area contributed by atoms with E-state index in [1.165, 1.54) is 4.88 Å². The molecule has 3 nitrogen and oxygen atoms in total. The smallest absolute Gasteiger partial charge is 0.335 e. The highest BCUT2D eigenvalue weighted by Gasteiger charge is 2.10. The molecule has 4 heteroatoms. The summed E-state index contributed by atoms with van der Waals surface area (Å²) in [6.45, 7) is 4.08. The molecule has 1 aromatic carbocycles. The Morgan fingerprint density at radius 3 is 2.53 bits per heavy atom. The number of hydrogen-bond donors (Lipinski definition) is 1. The van der Waals surface area contributed by atoms with Crippen LogP contribution in [-0.4, -0.2) is 16.1 Å². The van der Waals surface area contributed by atoms with Crippen molar-refractivity contribution in [1.29, 1.82) is 0 Å². The standard InChI is InChI=1S/C13H13NO2S/c1-3-11-12(14-8(2)17-11)9-4-6-10(7-5-9)13(15)16/h4-7H,3H2,1-2H3,(H,15,16). The predicted molar refractivity (Wildman–Crippen MR) is 68.6 cm³/mol. The molecule has 0 bridgehead atoms. The van der Waals surface area contributed by atoms with Crippen LogP contribution >= 0.6 is 11.3 Å². The van der Waals surface area contributed by atoms with Crippen LogP contribution in [0.3, 0.4) is 0 Å². The highest BCUT2D eigenvalue weighted by Crippen LogP contribution is 2.28. The monoisotopic (exact) mass is 247 g/mol. The summed E-state index contributed by atoms with van der Waals surface area (Å²) < 4.78 is 0. The van der Waals surface area contributed by atoms with Gasteiger partial charge in [0.1, 0.15) is 0 Å². The molecule has 2 aromatic rings. The lowest BCUT2D eigenvalue weighted by Gasteiger charge is -2.01. The van der Waals surface area contributed by atoms with Crippen molar-refractivity contribution in [2.75, 3.05) is 0 Å². The minimum absolute atomic E-state index is 0.304. The Hall–Kier alpha value is -1.68. The van der Waals surface area contributed by atoms with E-state index in [0.29, 0.717) is 5.56 Å². The van der Waals surface area contributed by atoms with Crippen LogP contribution in [0.2, 0.25) is 0 Å². The van der Waals surface area contributed by atoms with Crippen LogP contribution < -0.4 is 0 Å². The molecular weight excluding hydrogens is 234 g/mol. The molecular formula is C13H13NO2S. The first-order valence-corrected chi connectivity index (χ1v) is 6.23. The van der Waals surface area contributed by atoms with Crippen molar-refractivity contribution in [3.05, 3.63) is 39.7 Å². The fraction of sp³-hybridized carbons (Fsp3) is 0.231. The molecule has 2 rings (SSSR count). The maximum atomic E-state index is 10.8. The number of aryl methyl sites for hydroxylation is 2. The van der Waals surface area contributed by atoms with E-state index in [4.69, 9.17) is 5.11 Å². The van der Waals surface area contributed by atoms with Gasteiger partial charge in [0, 0.05) is 10.4 Å². The minimum Gasteiger partial charge on any atom is -0.478 e. The average molecular weight is 247 g/mol. The van der Waals surface area contributed by atoms with Crippen LogP contribution in [0.15, 0.2) is 24.3 Å². The van der Waals surface area contributed by atoms with Gasteiger partial charge in [-0.15, -0.1) is 11.3 Å². The third kappa shape index (κ3) is 2.36.